The number of ether oxygens (including phenoxy) is 1. The monoisotopic (exact) mass is 387 g/mol. The van der Waals surface area contributed by atoms with Gasteiger partial charge in [-0.1, -0.05) is 23.7 Å². The Bertz CT molecular complexity index is 934. The number of pyridine rings is 1. The van der Waals surface area contributed by atoms with Gasteiger partial charge in [-0.3, -0.25) is 4.90 Å². The molecular formula is C21H23ClFN3O. The van der Waals surface area contributed by atoms with Gasteiger partial charge in [0, 0.05) is 25.8 Å². The fraction of sp³-hybridized carbons (Fsp3) is 0.381. The number of imidazole rings is 1. The molecule has 4 nitrogen and oxygen atoms in total. The molecule has 4 rings (SSSR count). The maximum Gasteiger partial charge on any atom is 0.142 e. The van der Waals surface area contributed by atoms with Gasteiger partial charge in [0.15, 0.2) is 0 Å². The van der Waals surface area contributed by atoms with E-state index in [1.807, 2.05) is 19.1 Å². The molecule has 1 aliphatic rings. The van der Waals surface area contributed by atoms with Crippen LogP contribution in [-0.2, 0) is 17.9 Å². The van der Waals surface area contributed by atoms with Gasteiger partial charge in [0.05, 0.1) is 28.9 Å². The van der Waals surface area contributed by atoms with E-state index in [1.165, 1.54) is 11.6 Å². The molecule has 0 aliphatic carbocycles. The number of piperidine rings is 1. The van der Waals surface area contributed by atoms with Crippen LogP contribution in [0.15, 0.2) is 42.6 Å². The lowest BCUT2D eigenvalue weighted by Gasteiger charge is -2.31. The van der Waals surface area contributed by atoms with Crippen molar-refractivity contribution >= 4 is 17.1 Å². The van der Waals surface area contributed by atoms with Gasteiger partial charge in [0.2, 0.25) is 0 Å². The Morgan fingerprint density at radius 2 is 2.04 bits per heavy atom. The molecule has 2 aromatic heterocycles. The molecule has 0 atom stereocenters. The minimum absolute atomic E-state index is 0.147. The third-order valence-corrected chi connectivity index (χ3v) is 5.49. The highest BCUT2D eigenvalue weighted by Gasteiger charge is 2.21. The van der Waals surface area contributed by atoms with Gasteiger partial charge in [-0.2, -0.15) is 0 Å². The molecule has 3 heterocycles. The van der Waals surface area contributed by atoms with Crippen LogP contribution in [0.3, 0.4) is 0 Å². The van der Waals surface area contributed by atoms with Crippen molar-refractivity contribution in [2.75, 3.05) is 13.1 Å². The first-order valence-electron chi connectivity index (χ1n) is 9.30. The summed E-state index contributed by atoms with van der Waals surface area (Å²) in [5.41, 5.74) is 3.13. The molecule has 142 valence electrons. The zero-order chi connectivity index (χ0) is 18.8. The fourth-order valence-corrected chi connectivity index (χ4v) is 3.79. The summed E-state index contributed by atoms with van der Waals surface area (Å²) in [6.07, 6.45) is 4.21. The van der Waals surface area contributed by atoms with Crippen molar-refractivity contribution in [1.82, 2.24) is 14.3 Å². The Balaban J connectivity index is 1.30. The van der Waals surface area contributed by atoms with Gasteiger partial charge < -0.3 is 9.14 Å². The van der Waals surface area contributed by atoms with E-state index in [0.717, 1.165) is 49.6 Å². The lowest BCUT2D eigenvalue weighted by atomic mass is 10.1. The summed E-state index contributed by atoms with van der Waals surface area (Å²) in [6.45, 7) is 5.27. The maximum absolute atomic E-state index is 13.5. The normalized spacial score (nSPS) is 16.3. The van der Waals surface area contributed by atoms with Crippen LogP contribution in [0.2, 0.25) is 5.02 Å². The molecule has 1 saturated heterocycles. The highest BCUT2D eigenvalue weighted by Crippen LogP contribution is 2.21. The Labute approximate surface area is 163 Å². The second-order valence-electron chi connectivity index (χ2n) is 7.10. The first kappa shape index (κ1) is 18.4. The predicted octanol–water partition coefficient (Wildman–Crippen LogP) is 4.62. The molecule has 0 spiro atoms. The third-order valence-electron chi connectivity index (χ3n) is 5.18. The van der Waals surface area contributed by atoms with Crippen molar-refractivity contribution in [3.8, 4) is 0 Å². The molecular weight excluding hydrogens is 365 g/mol. The average Bonchev–Trinajstić information content (AvgIpc) is 3.00. The first-order valence-corrected chi connectivity index (χ1v) is 9.68. The Kier molecular flexibility index (Phi) is 5.43. The number of aromatic nitrogens is 2. The molecule has 1 aliphatic heterocycles. The highest BCUT2D eigenvalue weighted by molar-refractivity contribution is 6.30. The number of halogens is 2. The number of likely N-dealkylation sites (tertiary alicyclic amines) is 1. The smallest absolute Gasteiger partial charge is 0.142 e. The second-order valence-corrected chi connectivity index (χ2v) is 7.50. The Morgan fingerprint density at radius 1 is 1.22 bits per heavy atom. The van der Waals surface area contributed by atoms with Crippen LogP contribution in [-0.4, -0.2) is 33.5 Å². The average molecular weight is 388 g/mol. The fourth-order valence-electron chi connectivity index (χ4n) is 3.67. The number of aryl methyl sites for hydroxylation is 1. The molecule has 0 radical (unpaired) electrons. The summed E-state index contributed by atoms with van der Waals surface area (Å²) in [4.78, 5) is 7.17. The number of hydrogen-bond donors (Lipinski definition) is 0. The molecule has 0 saturated carbocycles. The van der Waals surface area contributed by atoms with E-state index in [0.29, 0.717) is 6.61 Å². The van der Waals surface area contributed by atoms with Crippen molar-refractivity contribution in [2.45, 2.75) is 39.0 Å². The molecule has 1 fully saturated rings. The number of fused-ring (bicyclic) bond motifs is 1. The summed E-state index contributed by atoms with van der Waals surface area (Å²) in [7, 11) is 0. The molecule has 6 heteroatoms. The molecule has 0 unspecified atom stereocenters. The van der Waals surface area contributed by atoms with E-state index in [2.05, 4.69) is 27.6 Å². The van der Waals surface area contributed by atoms with E-state index < -0.39 is 5.82 Å². The minimum atomic E-state index is -0.393. The minimum Gasteiger partial charge on any atom is -0.373 e. The van der Waals surface area contributed by atoms with E-state index in [-0.39, 0.29) is 11.1 Å². The SMILES string of the molecule is Cc1nc(CN2CCC(OCc3ccc(Cl)c(F)c3)CC2)c2ccccn12. The number of hydrogen-bond acceptors (Lipinski definition) is 3. The largest absolute Gasteiger partial charge is 0.373 e. The van der Waals surface area contributed by atoms with Crippen LogP contribution in [0.4, 0.5) is 4.39 Å². The van der Waals surface area contributed by atoms with Crippen LogP contribution in [0.5, 0.6) is 0 Å². The second kappa shape index (κ2) is 7.97. The zero-order valence-corrected chi connectivity index (χ0v) is 16.1. The van der Waals surface area contributed by atoms with E-state index in [9.17, 15) is 4.39 Å². The summed E-state index contributed by atoms with van der Waals surface area (Å²) >= 11 is 5.72. The van der Waals surface area contributed by atoms with E-state index in [1.54, 1.807) is 6.07 Å². The Morgan fingerprint density at radius 3 is 2.81 bits per heavy atom. The zero-order valence-electron chi connectivity index (χ0n) is 15.4. The van der Waals surface area contributed by atoms with Gasteiger partial charge in [0.1, 0.15) is 11.6 Å². The van der Waals surface area contributed by atoms with Crippen molar-refractivity contribution in [1.29, 1.82) is 0 Å². The molecule has 0 bridgehead atoms. The summed E-state index contributed by atoms with van der Waals surface area (Å²) in [5.74, 6) is 0.629. The van der Waals surface area contributed by atoms with Crippen LogP contribution in [0, 0.1) is 12.7 Å². The standard InChI is InChI=1S/C21H23ClFN3O/c1-15-24-20(21-4-2-3-9-26(15)21)13-25-10-7-17(8-11-25)27-14-16-5-6-18(22)19(23)12-16/h2-6,9,12,17H,7-8,10-11,13-14H2,1H3. The topological polar surface area (TPSA) is 29.8 Å². The van der Waals surface area contributed by atoms with Gasteiger partial charge in [0.25, 0.3) is 0 Å². The molecule has 0 amide bonds. The maximum atomic E-state index is 13.5. The Hall–Kier alpha value is -1.95. The molecule has 1 aromatic carbocycles. The number of nitrogens with zero attached hydrogens (tertiary/aromatic N) is 3. The van der Waals surface area contributed by atoms with Crippen LogP contribution < -0.4 is 0 Å². The van der Waals surface area contributed by atoms with Gasteiger partial charge in [-0.15, -0.1) is 0 Å². The quantitative estimate of drug-likeness (QED) is 0.640. The third kappa shape index (κ3) is 4.15. The lowest BCUT2D eigenvalue weighted by molar-refractivity contribution is -0.00413. The van der Waals surface area contributed by atoms with E-state index >= 15 is 0 Å². The molecule has 3 aromatic rings. The highest BCUT2D eigenvalue weighted by atomic mass is 35.5. The number of benzene rings is 1. The van der Waals surface area contributed by atoms with Crippen molar-refractivity contribution in [2.24, 2.45) is 0 Å². The van der Waals surface area contributed by atoms with Gasteiger partial charge in [-0.25, -0.2) is 9.37 Å². The van der Waals surface area contributed by atoms with Crippen LogP contribution in [0.25, 0.3) is 5.52 Å². The van der Waals surface area contributed by atoms with Gasteiger partial charge in [-0.05, 0) is 49.6 Å². The summed E-state index contributed by atoms with van der Waals surface area (Å²) in [5, 5.41) is 0.147. The summed E-state index contributed by atoms with van der Waals surface area (Å²) < 4.78 is 21.6. The first-order chi connectivity index (χ1) is 13.1. The molecule has 0 N–H and O–H groups in total. The number of rotatable bonds is 5. The lowest BCUT2D eigenvalue weighted by Crippen LogP contribution is -2.36. The van der Waals surface area contributed by atoms with Gasteiger partial charge >= 0.3 is 0 Å². The van der Waals surface area contributed by atoms with Crippen LogP contribution >= 0.6 is 11.6 Å². The van der Waals surface area contributed by atoms with Crippen molar-refractivity contribution < 1.29 is 9.13 Å². The van der Waals surface area contributed by atoms with Crippen molar-refractivity contribution in [3.63, 3.8) is 0 Å². The molecule has 27 heavy (non-hydrogen) atoms. The van der Waals surface area contributed by atoms with Crippen molar-refractivity contribution in [3.05, 3.63) is 70.5 Å². The van der Waals surface area contributed by atoms with Crippen LogP contribution in [0.1, 0.15) is 29.9 Å². The predicted molar refractivity (Wildman–Crippen MR) is 104 cm³/mol. The van der Waals surface area contributed by atoms with E-state index in [4.69, 9.17) is 21.3 Å². The summed E-state index contributed by atoms with van der Waals surface area (Å²) in [6, 6.07) is 11.0.